The standard InChI is InChI=1S/C23H24FN5O/c1-13-7-20(24)21(11-19(13)22-25-12-16-3-2-6-28(16)27-22)26-23(30)29-17-8-15(14-4-5-14)9-18(29)10-17/h2-3,6-7,11-12,14-15,17-18H,4-5,8-10H2,1H3,(H,26,30). The average Bonchev–Trinajstić information content (AvgIpc) is 3.47. The number of nitrogens with zero attached hydrogens (tertiary/aromatic N) is 4. The number of hydrogen-bond acceptors (Lipinski definition) is 3. The number of fused-ring (bicyclic) bond motifs is 3. The van der Waals surface area contributed by atoms with E-state index in [1.54, 1.807) is 16.8 Å². The molecule has 154 valence electrons. The smallest absolute Gasteiger partial charge is 0.318 e. The molecule has 1 aromatic carbocycles. The minimum Gasteiger partial charge on any atom is -0.318 e. The van der Waals surface area contributed by atoms with Crippen molar-refractivity contribution in [3.05, 3.63) is 48.0 Å². The molecule has 2 aliphatic carbocycles. The lowest BCUT2D eigenvalue weighted by molar-refractivity contribution is -0.0157. The van der Waals surface area contributed by atoms with Crippen LogP contribution in [-0.2, 0) is 0 Å². The Labute approximate surface area is 174 Å². The summed E-state index contributed by atoms with van der Waals surface area (Å²) in [5.41, 5.74) is 2.51. The van der Waals surface area contributed by atoms with Gasteiger partial charge in [-0.15, -0.1) is 5.10 Å². The maximum absolute atomic E-state index is 14.7. The Hall–Kier alpha value is -2.96. The van der Waals surface area contributed by atoms with Gasteiger partial charge in [-0.3, -0.25) is 0 Å². The molecule has 3 aromatic rings. The zero-order valence-corrected chi connectivity index (χ0v) is 16.9. The highest BCUT2D eigenvalue weighted by Crippen LogP contribution is 2.50. The summed E-state index contributed by atoms with van der Waals surface area (Å²) in [5, 5.41) is 7.34. The van der Waals surface area contributed by atoms with Crippen molar-refractivity contribution < 1.29 is 9.18 Å². The van der Waals surface area contributed by atoms with Crippen LogP contribution in [0.2, 0.25) is 0 Å². The van der Waals surface area contributed by atoms with Gasteiger partial charge in [0.25, 0.3) is 0 Å². The lowest BCUT2D eigenvalue weighted by Crippen LogP contribution is -2.64. The van der Waals surface area contributed by atoms with Crippen molar-refractivity contribution >= 4 is 17.2 Å². The maximum Gasteiger partial charge on any atom is 0.322 e. The number of aryl methyl sites for hydroxylation is 1. The zero-order chi connectivity index (χ0) is 20.4. The Morgan fingerprint density at radius 2 is 1.97 bits per heavy atom. The molecule has 7 rings (SSSR count). The van der Waals surface area contributed by atoms with Crippen molar-refractivity contribution in [3.8, 4) is 11.4 Å². The van der Waals surface area contributed by atoms with Crippen LogP contribution in [0.1, 0.15) is 37.7 Å². The van der Waals surface area contributed by atoms with Gasteiger partial charge < -0.3 is 10.2 Å². The van der Waals surface area contributed by atoms with E-state index in [0.29, 0.717) is 23.5 Å². The summed E-state index contributed by atoms with van der Waals surface area (Å²) in [6.45, 7) is 1.82. The quantitative estimate of drug-likeness (QED) is 0.691. The molecule has 2 aromatic heterocycles. The van der Waals surface area contributed by atoms with Crippen molar-refractivity contribution in [2.24, 2.45) is 11.8 Å². The predicted octanol–water partition coefficient (Wildman–Crippen LogP) is 4.64. The second kappa shape index (κ2) is 6.52. The van der Waals surface area contributed by atoms with Crippen LogP contribution in [0.25, 0.3) is 16.9 Å². The maximum atomic E-state index is 14.7. The summed E-state index contributed by atoms with van der Waals surface area (Å²) in [5.74, 6) is 1.73. The molecular weight excluding hydrogens is 381 g/mol. The number of aromatic nitrogens is 3. The van der Waals surface area contributed by atoms with Gasteiger partial charge in [-0.2, -0.15) is 0 Å². The van der Waals surface area contributed by atoms with Gasteiger partial charge in [0.15, 0.2) is 5.82 Å². The summed E-state index contributed by atoms with van der Waals surface area (Å²) in [7, 11) is 0. The molecule has 2 unspecified atom stereocenters. The molecule has 30 heavy (non-hydrogen) atoms. The molecule has 0 radical (unpaired) electrons. The normalized spacial score (nSPS) is 25.3. The van der Waals surface area contributed by atoms with E-state index in [2.05, 4.69) is 15.4 Å². The number of hydrogen-bond donors (Lipinski definition) is 1. The fourth-order valence-electron chi connectivity index (χ4n) is 5.35. The number of halogens is 1. The molecule has 2 amide bonds. The second-order valence-electron chi connectivity index (χ2n) is 9.06. The van der Waals surface area contributed by atoms with E-state index >= 15 is 0 Å². The first-order valence-corrected chi connectivity index (χ1v) is 10.8. The van der Waals surface area contributed by atoms with Gasteiger partial charge in [0.1, 0.15) is 5.82 Å². The van der Waals surface area contributed by atoms with Crippen LogP contribution in [0, 0.1) is 24.6 Å². The third-order valence-corrected chi connectivity index (χ3v) is 7.08. The molecule has 2 saturated heterocycles. The van der Waals surface area contributed by atoms with Crippen molar-refractivity contribution in [2.75, 3.05) is 5.32 Å². The Kier molecular flexibility index (Phi) is 3.88. The van der Waals surface area contributed by atoms with E-state index in [0.717, 1.165) is 42.2 Å². The fourth-order valence-corrected chi connectivity index (χ4v) is 5.35. The number of carbonyl (C=O) groups is 1. The van der Waals surface area contributed by atoms with Crippen LogP contribution in [-0.4, -0.2) is 37.6 Å². The summed E-state index contributed by atoms with van der Waals surface area (Å²) in [6, 6.07) is 7.33. The molecular formula is C23H24FN5O. The van der Waals surface area contributed by atoms with Crippen LogP contribution < -0.4 is 5.32 Å². The van der Waals surface area contributed by atoms with E-state index in [1.807, 2.05) is 30.2 Å². The summed E-state index contributed by atoms with van der Waals surface area (Å²) >= 11 is 0. The van der Waals surface area contributed by atoms with E-state index in [1.165, 1.54) is 18.9 Å². The molecule has 2 aliphatic heterocycles. The molecule has 2 saturated carbocycles. The van der Waals surface area contributed by atoms with Gasteiger partial charge in [-0.25, -0.2) is 18.7 Å². The molecule has 2 bridgehead atoms. The fraction of sp³-hybridized carbons (Fsp3) is 0.435. The molecule has 4 aliphatic rings. The number of urea groups is 1. The average molecular weight is 405 g/mol. The number of piperidine rings is 1. The molecule has 4 heterocycles. The Balaban J connectivity index is 1.25. The SMILES string of the molecule is Cc1cc(F)c(NC(=O)N2C3CC(C4CC4)CC2C3)cc1-c1ncc2cccn2n1. The topological polar surface area (TPSA) is 62.5 Å². The third kappa shape index (κ3) is 2.87. The molecule has 2 atom stereocenters. The largest absolute Gasteiger partial charge is 0.322 e. The number of benzene rings is 1. The molecule has 4 fully saturated rings. The number of nitrogens with one attached hydrogen (secondary N) is 1. The highest BCUT2D eigenvalue weighted by Gasteiger charge is 2.50. The molecule has 0 spiro atoms. The van der Waals surface area contributed by atoms with Gasteiger partial charge in [-0.1, -0.05) is 0 Å². The van der Waals surface area contributed by atoms with Gasteiger partial charge in [-0.05, 0) is 80.7 Å². The van der Waals surface area contributed by atoms with Crippen LogP contribution in [0.3, 0.4) is 0 Å². The zero-order valence-electron chi connectivity index (χ0n) is 16.9. The number of amides is 2. The minimum atomic E-state index is -0.437. The predicted molar refractivity (Wildman–Crippen MR) is 112 cm³/mol. The first-order chi connectivity index (χ1) is 14.6. The Morgan fingerprint density at radius 1 is 1.17 bits per heavy atom. The lowest BCUT2D eigenvalue weighted by Gasteiger charge is -2.55. The summed E-state index contributed by atoms with van der Waals surface area (Å²) in [4.78, 5) is 19.3. The first kappa shape index (κ1) is 17.9. The van der Waals surface area contributed by atoms with Crippen LogP contribution in [0.15, 0.2) is 36.7 Å². The monoisotopic (exact) mass is 405 g/mol. The van der Waals surface area contributed by atoms with Gasteiger partial charge >= 0.3 is 6.03 Å². The summed E-state index contributed by atoms with van der Waals surface area (Å²) in [6.07, 6.45) is 9.57. The van der Waals surface area contributed by atoms with Crippen LogP contribution in [0.5, 0.6) is 0 Å². The van der Waals surface area contributed by atoms with E-state index in [9.17, 15) is 9.18 Å². The molecule has 7 heteroatoms. The van der Waals surface area contributed by atoms with Crippen molar-refractivity contribution in [3.63, 3.8) is 0 Å². The highest BCUT2D eigenvalue weighted by atomic mass is 19.1. The highest BCUT2D eigenvalue weighted by molar-refractivity contribution is 5.91. The van der Waals surface area contributed by atoms with E-state index in [-0.39, 0.29) is 11.7 Å². The van der Waals surface area contributed by atoms with Gasteiger partial charge in [0.05, 0.1) is 17.4 Å². The van der Waals surface area contributed by atoms with E-state index in [4.69, 9.17) is 0 Å². The number of anilines is 1. The van der Waals surface area contributed by atoms with Gasteiger partial charge in [0, 0.05) is 23.8 Å². The number of rotatable bonds is 3. The third-order valence-electron chi connectivity index (χ3n) is 7.08. The Morgan fingerprint density at radius 3 is 2.73 bits per heavy atom. The number of carbonyl (C=O) groups excluding carboxylic acids is 1. The molecule has 1 N–H and O–H groups in total. The van der Waals surface area contributed by atoms with Gasteiger partial charge in [0.2, 0.25) is 0 Å². The van der Waals surface area contributed by atoms with Crippen molar-refractivity contribution in [1.29, 1.82) is 0 Å². The van der Waals surface area contributed by atoms with Crippen LogP contribution >= 0.6 is 0 Å². The van der Waals surface area contributed by atoms with Crippen molar-refractivity contribution in [1.82, 2.24) is 19.5 Å². The lowest BCUT2D eigenvalue weighted by atomic mass is 9.72. The van der Waals surface area contributed by atoms with Crippen molar-refractivity contribution in [2.45, 2.75) is 51.1 Å². The van der Waals surface area contributed by atoms with E-state index < -0.39 is 5.82 Å². The summed E-state index contributed by atoms with van der Waals surface area (Å²) < 4.78 is 16.4. The second-order valence-corrected chi connectivity index (χ2v) is 9.06. The minimum absolute atomic E-state index is 0.181. The first-order valence-electron chi connectivity index (χ1n) is 10.8. The molecule has 6 nitrogen and oxygen atoms in total. The Bertz CT molecular complexity index is 1140. The van der Waals surface area contributed by atoms with Crippen LogP contribution in [0.4, 0.5) is 14.9 Å².